The van der Waals surface area contributed by atoms with Crippen LogP contribution in [0, 0.1) is 0 Å². The zero-order valence-corrected chi connectivity index (χ0v) is 12.6. The summed E-state index contributed by atoms with van der Waals surface area (Å²) in [5.74, 6) is 1.25. The summed E-state index contributed by atoms with van der Waals surface area (Å²) in [7, 11) is 0. The molecule has 0 radical (unpaired) electrons. The van der Waals surface area contributed by atoms with Crippen LogP contribution in [-0.4, -0.2) is 41.6 Å². The van der Waals surface area contributed by atoms with Crippen LogP contribution < -0.4 is 5.32 Å². The molecule has 2 rings (SSSR count). The first kappa shape index (κ1) is 14.0. The summed E-state index contributed by atoms with van der Waals surface area (Å²) in [5.41, 5.74) is 1.11. The molecule has 1 aromatic carbocycles. The third-order valence-electron chi connectivity index (χ3n) is 3.57. The van der Waals surface area contributed by atoms with Gasteiger partial charge in [0.15, 0.2) is 0 Å². The maximum absolute atomic E-state index is 5.96. The Balaban J connectivity index is 1.78. The first-order valence-electron chi connectivity index (χ1n) is 6.52. The van der Waals surface area contributed by atoms with E-state index in [2.05, 4.69) is 41.9 Å². The largest absolute Gasteiger partial charge is 0.384 e. The monoisotopic (exact) mass is 284 g/mol. The molecule has 18 heavy (non-hydrogen) atoms. The third kappa shape index (κ3) is 3.81. The van der Waals surface area contributed by atoms with Crippen LogP contribution >= 0.6 is 23.4 Å². The molecule has 0 aliphatic carbocycles. The van der Waals surface area contributed by atoms with E-state index in [0.717, 1.165) is 29.0 Å². The average Bonchev–Trinajstić information content (AvgIpc) is 2.35. The van der Waals surface area contributed by atoms with Gasteiger partial charge in [-0.3, -0.25) is 4.90 Å². The number of halogens is 1. The number of anilines is 1. The van der Waals surface area contributed by atoms with Gasteiger partial charge >= 0.3 is 0 Å². The van der Waals surface area contributed by atoms with Gasteiger partial charge in [0.05, 0.1) is 0 Å². The number of rotatable bonds is 4. The maximum atomic E-state index is 5.96. The molecule has 0 amide bonds. The Morgan fingerprint density at radius 3 is 3.06 bits per heavy atom. The summed E-state index contributed by atoms with van der Waals surface area (Å²) in [5, 5.41) is 4.96. The maximum Gasteiger partial charge on any atom is 0.0426 e. The highest BCUT2D eigenvalue weighted by Gasteiger charge is 2.24. The van der Waals surface area contributed by atoms with E-state index in [1.807, 2.05) is 18.2 Å². The summed E-state index contributed by atoms with van der Waals surface area (Å²) in [4.78, 5) is 2.57. The summed E-state index contributed by atoms with van der Waals surface area (Å²) in [6.07, 6.45) is 0. The molecule has 1 heterocycles. The topological polar surface area (TPSA) is 15.3 Å². The average molecular weight is 285 g/mol. The van der Waals surface area contributed by atoms with E-state index < -0.39 is 0 Å². The Labute approximate surface area is 119 Å². The molecular formula is C14H21ClN2S. The molecule has 1 fully saturated rings. The molecule has 2 nitrogen and oxygen atoms in total. The SMILES string of the molecule is CC1SCCN(CCNc2cccc(Cl)c2)C1C. The van der Waals surface area contributed by atoms with Crippen molar-refractivity contribution in [3.05, 3.63) is 29.3 Å². The zero-order valence-electron chi connectivity index (χ0n) is 11.0. The van der Waals surface area contributed by atoms with Gasteiger partial charge < -0.3 is 5.32 Å². The third-order valence-corrected chi connectivity index (χ3v) is 5.14. The molecule has 1 aromatic rings. The fourth-order valence-electron chi connectivity index (χ4n) is 2.25. The minimum absolute atomic E-state index is 0.671. The van der Waals surface area contributed by atoms with Crippen molar-refractivity contribution >= 4 is 29.1 Å². The number of thioether (sulfide) groups is 1. The van der Waals surface area contributed by atoms with Gasteiger partial charge in [-0.1, -0.05) is 24.6 Å². The molecular weight excluding hydrogens is 264 g/mol. The van der Waals surface area contributed by atoms with Crippen molar-refractivity contribution in [3.8, 4) is 0 Å². The molecule has 0 bridgehead atoms. The summed E-state index contributed by atoms with van der Waals surface area (Å²) in [6.45, 7) is 7.93. The summed E-state index contributed by atoms with van der Waals surface area (Å²) >= 11 is 8.04. The van der Waals surface area contributed by atoms with Crippen LogP contribution in [0.3, 0.4) is 0 Å². The molecule has 1 aliphatic heterocycles. The smallest absolute Gasteiger partial charge is 0.0426 e. The lowest BCUT2D eigenvalue weighted by Gasteiger charge is -2.37. The van der Waals surface area contributed by atoms with Gasteiger partial charge in [0.2, 0.25) is 0 Å². The predicted molar refractivity (Wildman–Crippen MR) is 82.9 cm³/mol. The Morgan fingerprint density at radius 2 is 2.28 bits per heavy atom. The van der Waals surface area contributed by atoms with Crippen molar-refractivity contribution < 1.29 is 0 Å². The molecule has 0 aromatic heterocycles. The van der Waals surface area contributed by atoms with Crippen LogP contribution in [0.4, 0.5) is 5.69 Å². The Kier molecular flexibility index (Phi) is 5.22. The van der Waals surface area contributed by atoms with Crippen molar-refractivity contribution in [2.24, 2.45) is 0 Å². The number of benzene rings is 1. The highest BCUT2D eigenvalue weighted by molar-refractivity contribution is 8.00. The first-order chi connectivity index (χ1) is 8.66. The Morgan fingerprint density at radius 1 is 1.44 bits per heavy atom. The van der Waals surface area contributed by atoms with E-state index >= 15 is 0 Å². The van der Waals surface area contributed by atoms with Gasteiger partial charge in [-0.05, 0) is 25.1 Å². The number of nitrogens with one attached hydrogen (secondary N) is 1. The second-order valence-corrected chi connectivity index (χ2v) is 6.71. The lowest BCUT2D eigenvalue weighted by Crippen LogP contribution is -2.46. The zero-order chi connectivity index (χ0) is 13.0. The second-order valence-electron chi connectivity index (χ2n) is 4.79. The molecule has 4 heteroatoms. The molecule has 1 N–H and O–H groups in total. The molecule has 0 saturated carbocycles. The van der Waals surface area contributed by atoms with Gasteiger partial charge in [-0.25, -0.2) is 0 Å². The van der Waals surface area contributed by atoms with Crippen molar-refractivity contribution in [1.29, 1.82) is 0 Å². The van der Waals surface area contributed by atoms with Gasteiger partial charge in [-0.2, -0.15) is 11.8 Å². The van der Waals surface area contributed by atoms with Gasteiger partial charge in [0.1, 0.15) is 0 Å². The Hall–Kier alpha value is -0.380. The van der Waals surface area contributed by atoms with Crippen LogP contribution in [0.2, 0.25) is 5.02 Å². The predicted octanol–water partition coefficient (Wildman–Crippen LogP) is 3.58. The summed E-state index contributed by atoms with van der Waals surface area (Å²) < 4.78 is 0. The molecule has 100 valence electrons. The van der Waals surface area contributed by atoms with E-state index in [4.69, 9.17) is 11.6 Å². The molecule has 2 atom stereocenters. The highest BCUT2D eigenvalue weighted by atomic mass is 35.5. The van der Waals surface area contributed by atoms with Crippen molar-refractivity contribution in [2.75, 3.05) is 30.7 Å². The lowest BCUT2D eigenvalue weighted by atomic mass is 10.2. The van der Waals surface area contributed by atoms with Crippen LogP contribution in [-0.2, 0) is 0 Å². The van der Waals surface area contributed by atoms with Gasteiger partial charge in [0, 0.05) is 47.4 Å². The van der Waals surface area contributed by atoms with Crippen LogP contribution in [0.1, 0.15) is 13.8 Å². The standard InChI is InChI=1S/C14H21ClN2S/c1-11-12(2)18-9-8-17(11)7-6-16-14-5-3-4-13(15)10-14/h3-5,10-12,16H,6-9H2,1-2H3. The second kappa shape index (κ2) is 6.69. The minimum Gasteiger partial charge on any atom is -0.384 e. The fraction of sp³-hybridized carbons (Fsp3) is 0.571. The van der Waals surface area contributed by atoms with Crippen LogP contribution in [0.5, 0.6) is 0 Å². The van der Waals surface area contributed by atoms with E-state index in [1.165, 1.54) is 12.3 Å². The van der Waals surface area contributed by atoms with E-state index in [-0.39, 0.29) is 0 Å². The summed E-state index contributed by atoms with van der Waals surface area (Å²) in [6, 6.07) is 8.58. The lowest BCUT2D eigenvalue weighted by molar-refractivity contribution is 0.221. The molecule has 1 aliphatic rings. The van der Waals surface area contributed by atoms with Gasteiger partial charge in [0.25, 0.3) is 0 Å². The van der Waals surface area contributed by atoms with Crippen molar-refractivity contribution in [1.82, 2.24) is 4.90 Å². The molecule has 0 spiro atoms. The normalized spacial score (nSPS) is 25.1. The quantitative estimate of drug-likeness (QED) is 0.910. The highest BCUT2D eigenvalue weighted by Crippen LogP contribution is 2.23. The van der Waals surface area contributed by atoms with E-state index in [0.29, 0.717) is 6.04 Å². The Bertz CT molecular complexity index is 386. The molecule has 1 saturated heterocycles. The van der Waals surface area contributed by atoms with Crippen molar-refractivity contribution in [2.45, 2.75) is 25.1 Å². The van der Waals surface area contributed by atoms with Crippen molar-refractivity contribution in [3.63, 3.8) is 0 Å². The fourth-order valence-corrected chi connectivity index (χ4v) is 3.61. The number of nitrogens with zero attached hydrogens (tertiary/aromatic N) is 1. The van der Waals surface area contributed by atoms with Crippen LogP contribution in [0.15, 0.2) is 24.3 Å². The minimum atomic E-state index is 0.671. The molecule has 2 unspecified atom stereocenters. The number of hydrogen-bond acceptors (Lipinski definition) is 3. The van der Waals surface area contributed by atoms with E-state index in [9.17, 15) is 0 Å². The van der Waals surface area contributed by atoms with Crippen LogP contribution in [0.25, 0.3) is 0 Å². The van der Waals surface area contributed by atoms with E-state index in [1.54, 1.807) is 0 Å². The first-order valence-corrected chi connectivity index (χ1v) is 7.94. The van der Waals surface area contributed by atoms with Gasteiger partial charge in [-0.15, -0.1) is 0 Å². The number of hydrogen-bond donors (Lipinski definition) is 1.